The first-order chi connectivity index (χ1) is 17.7. The van der Waals surface area contributed by atoms with Crippen LogP contribution in [-0.2, 0) is 17.9 Å². The highest BCUT2D eigenvalue weighted by Gasteiger charge is 2.23. The molecule has 4 aromatic rings. The molecule has 0 spiro atoms. The van der Waals surface area contributed by atoms with Gasteiger partial charge >= 0.3 is 0 Å². The Hall–Kier alpha value is -3.13. The maximum absolute atomic E-state index is 9.72. The van der Waals surface area contributed by atoms with Crippen LogP contribution in [0.5, 0.6) is 0 Å². The normalized spacial score (nSPS) is 17.7. The molecule has 7 heteroatoms. The predicted molar refractivity (Wildman–Crippen MR) is 146 cm³/mol. The lowest BCUT2D eigenvalue weighted by Gasteiger charge is -2.29. The maximum Gasteiger partial charge on any atom is 0.225 e. The van der Waals surface area contributed by atoms with Gasteiger partial charge in [-0.2, -0.15) is 4.98 Å². The highest BCUT2D eigenvalue weighted by atomic mass is 32.2. The van der Waals surface area contributed by atoms with Gasteiger partial charge in [-0.25, -0.2) is 4.98 Å². The van der Waals surface area contributed by atoms with Gasteiger partial charge in [-0.15, -0.1) is 0 Å². The molecular formula is C29H32N4O2S. The van der Waals surface area contributed by atoms with E-state index in [9.17, 15) is 5.11 Å². The van der Waals surface area contributed by atoms with Crippen molar-refractivity contribution in [1.29, 1.82) is 0 Å². The van der Waals surface area contributed by atoms with Crippen molar-refractivity contribution in [3.05, 3.63) is 83.9 Å². The van der Waals surface area contributed by atoms with Crippen LogP contribution in [0, 0.1) is 0 Å². The first kappa shape index (κ1) is 24.6. The molecule has 0 radical (unpaired) electrons. The second-order valence-corrected chi connectivity index (χ2v) is 10.2. The third-order valence-corrected chi connectivity index (χ3v) is 7.91. The van der Waals surface area contributed by atoms with E-state index < -0.39 is 0 Å². The molecule has 0 aliphatic heterocycles. The van der Waals surface area contributed by atoms with E-state index in [1.165, 1.54) is 0 Å². The third-order valence-electron chi connectivity index (χ3n) is 6.68. The van der Waals surface area contributed by atoms with Gasteiger partial charge < -0.3 is 20.5 Å². The average molecular weight is 501 g/mol. The Labute approximate surface area is 216 Å². The van der Waals surface area contributed by atoms with Gasteiger partial charge in [0, 0.05) is 34.9 Å². The van der Waals surface area contributed by atoms with Crippen LogP contribution in [0.15, 0.2) is 82.6 Å². The first-order valence-corrected chi connectivity index (χ1v) is 13.3. The van der Waals surface area contributed by atoms with E-state index in [-0.39, 0.29) is 6.61 Å². The van der Waals surface area contributed by atoms with Crippen LogP contribution in [0.25, 0.3) is 10.9 Å². The molecule has 1 heterocycles. The average Bonchev–Trinajstić information content (AvgIpc) is 2.93. The van der Waals surface area contributed by atoms with E-state index >= 15 is 0 Å². The largest absolute Gasteiger partial charge is 0.392 e. The van der Waals surface area contributed by atoms with Crippen molar-refractivity contribution in [3.8, 4) is 0 Å². The fourth-order valence-electron chi connectivity index (χ4n) is 4.73. The molecule has 186 valence electrons. The molecule has 2 unspecified atom stereocenters. The van der Waals surface area contributed by atoms with Crippen LogP contribution in [0.2, 0.25) is 0 Å². The van der Waals surface area contributed by atoms with Crippen LogP contribution >= 0.6 is 11.8 Å². The summed E-state index contributed by atoms with van der Waals surface area (Å²) in [7, 11) is 1.80. The Morgan fingerprint density at radius 1 is 0.917 bits per heavy atom. The molecule has 0 bridgehead atoms. The zero-order chi connectivity index (χ0) is 24.7. The fraction of sp³-hybridized carbons (Fsp3) is 0.310. The van der Waals surface area contributed by atoms with Crippen LogP contribution in [0.1, 0.15) is 36.8 Å². The molecule has 36 heavy (non-hydrogen) atoms. The van der Waals surface area contributed by atoms with E-state index in [0.717, 1.165) is 63.3 Å². The summed E-state index contributed by atoms with van der Waals surface area (Å²) in [4.78, 5) is 11.9. The lowest BCUT2D eigenvalue weighted by molar-refractivity contribution is 0.0669. The maximum atomic E-state index is 9.72. The van der Waals surface area contributed by atoms with Gasteiger partial charge in [0.25, 0.3) is 0 Å². The highest BCUT2D eigenvalue weighted by molar-refractivity contribution is 7.99. The van der Waals surface area contributed by atoms with Crippen LogP contribution in [-0.4, -0.2) is 34.3 Å². The Kier molecular flexibility index (Phi) is 8.01. The lowest BCUT2D eigenvalue weighted by atomic mass is 9.93. The fourth-order valence-corrected chi connectivity index (χ4v) is 5.79. The van der Waals surface area contributed by atoms with Gasteiger partial charge in [0.1, 0.15) is 5.82 Å². The van der Waals surface area contributed by atoms with Crippen molar-refractivity contribution in [1.82, 2.24) is 9.97 Å². The molecule has 1 aromatic heterocycles. The minimum absolute atomic E-state index is 0.0242. The zero-order valence-electron chi connectivity index (χ0n) is 20.5. The summed E-state index contributed by atoms with van der Waals surface area (Å²) >= 11 is 1.67. The van der Waals surface area contributed by atoms with Crippen molar-refractivity contribution in [2.24, 2.45) is 0 Å². The van der Waals surface area contributed by atoms with Crippen LogP contribution in [0.3, 0.4) is 0 Å². The molecular weight excluding hydrogens is 468 g/mol. The predicted octanol–water partition coefficient (Wildman–Crippen LogP) is 6.25. The van der Waals surface area contributed by atoms with Crippen molar-refractivity contribution >= 4 is 34.4 Å². The molecule has 0 saturated heterocycles. The number of hydrogen-bond donors (Lipinski definition) is 3. The van der Waals surface area contributed by atoms with Gasteiger partial charge in [-0.3, -0.25) is 0 Å². The van der Waals surface area contributed by atoms with E-state index in [0.29, 0.717) is 24.6 Å². The number of nitrogens with one attached hydrogen (secondary N) is 2. The minimum atomic E-state index is 0.0242. The number of aromatic nitrogens is 2. The Bertz CT molecular complexity index is 1320. The van der Waals surface area contributed by atoms with Crippen LogP contribution in [0.4, 0.5) is 11.8 Å². The smallest absolute Gasteiger partial charge is 0.225 e. The van der Waals surface area contributed by atoms with E-state index in [1.54, 1.807) is 18.9 Å². The number of para-hydroxylation sites is 1. The summed E-state index contributed by atoms with van der Waals surface area (Å²) in [6.07, 6.45) is 4.66. The number of ether oxygens (including phenoxy) is 1. The quantitative estimate of drug-likeness (QED) is 0.250. The second-order valence-electron chi connectivity index (χ2n) is 9.11. The molecule has 2 atom stereocenters. The summed E-state index contributed by atoms with van der Waals surface area (Å²) in [6, 6.07) is 24.7. The van der Waals surface area contributed by atoms with E-state index in [4.69, 9.17) is 14.7 Å². The number of benzene rings is 3. The lowest BCUT2D eigenvalue weighted by Crippen LogP contribution is -2.31. The molecule has 1 aliphatic carbocycles. The van der Waals surface area contributed by atoms with Gasteiger partial charge in [-0.05, 0) is 61.1 Å². The van der Waals surface area contributed by atoms with E-state index in [2.05, 4.69) is 28.8 Å². The van der Waals surface area contributed by atoms with Crippen molar-refractivity contribution < 1.29 is 9.84 Å². The van der Waals surface area contributed by atoms with E-state index in [1.807, 2.05) is 54.6 Å². The Morgan fingerprint density at radius 2 is 1.64 bits per heavy atom. The van der Waals surface area contributed by atoms with Gasteiger partial charge in [0.2, 0.25) is 5.95 Å². The SMILES string of the molecule is COC1CCCC(Nc2nc(NCc3ccccc3Sc3ccccc3CO)nc3ccccc23)C1. The van der Waals surface area contributed by atoms with Crippen molar-refractivity contribution in [2.45, 2.75) is 60.8 Å². The van der Waals surface area contributed by atoms with Gasteiger partial charge in [0.05, 0.1) is 18.2 Å². The van der Waals surface area contributed by atoms with Crippen molar-refractivity contribution in [2.75, 3.05) is 17.7 Å². The Balaban J connectivity index is 1.36. The first-order valence-electron chi connectivity index (χ1n) is 12.5. The number of aliphatic hydroxyl groups excluding tert-OH is 1. The number of methoxy groups -OCH3 is 1. The monoisotopic (exact) mass is 500 g/mol. The zero-order valence-corrected chi connectivity index (χ0v) is 21.3. The number of rotatable bonds is 9. The molecule has 1 saturated carbocycles. The standard InChI is InChI=1S/C29H32N4O2S/c1-35-23-12-8-11-22(17-23)31-28-24-13-4-5-14-25(24)32-29(33-28)30-18-20-9-2-6-15-26(20)36-27-16-7-3-10-21(27)19-34/h2-7,9-10,13-16,22-23,34H,8,11-12,17-19H2,1H3,(H2,30,31,32,33). The molecule has 6 nitrogen and oxygen atoms in total. The minimum Gasteiger partial charge on any atom is -0.392 e. The molecule has 1 fully saturated rings. The number of hydrogen-bond acceptors (Lipinski definition) is 7. The molecule has 3 N–H and O–H groups in total. The topological polar surface area (TPSA) is 79.3 Å². The molecule has 5 rings (SSSR count). The van der Waals surface area contributed by atoms with Crippen molar-refractivity contribution in [3.63, 3.8) is 0 Å². The summed E-state index contributed by atoms with van der Waals surface area (Å²) < 4.78 is 5.63. The summed E-state index contributed by atoms with van der Waals surface area (Å²) in [6.45, 7) is 0.619. The molecule has 1 aliphatic rings. The number of aliphatic hydroxyl groups is 1. The molecule has 3 aromatic carbocycles. The second kappa shape index (κ2) is 11.7. The number of anilines is 2. The summed E-state index contributed by atoms with van der Waals surface area (Å²) in [5.41, 5.74) is 2.99. The van der Waals surface area contributed by atoms with Crippen LogP contribution < -0.4 is 10.6 Å². The van der Waals surface area contributed by atoms with Gasteiger partial charge in [-0.1, -0.05) is 60.3 Å². The summed E-state index contributed by atoms with van der Waals surface area (Å²) in [5, 5.41) is 17.9. The highest BCUT2D eigenvalue weighted by Crippen LogP contribution is 2.33. The summed E-state index contributed by atoms with van der Waals surface area (Å²) in [5.74, 6) is 1.47. The number of nitrogens with zero attached hydrogens (tertiary/aromatic N) is 2. The third kappa shape index (κ3) is 5.81. The van der Waals surface area contributed by atoms with Gasteiger partial charge in [0.15, 0.2) is 0 Å². The molecule has 0 amide bonds. The number of fused-ring (bicyclic) bond motifs is 1. The Morgan fingerprint density at radius 3 is 2.44 bits per heavy atom.